The number of methoxy groups -OCH3 is 2. The van der Waals surface area contributed by atoms with Crippen LogP contribution in [0, 0.1) is 0 Å². The Labute approximate surface area is 88.7 Å². The number of nitrogens with two attached hydrogens (primary N) is 1. The maximum absolute atomic E-state index is 5.48. The molecule has 15 heavy (non-hydrogen) atoms. The minimum atomic E-state index is -0.165. The van der Waals surface area contributed by atoms with Gasteiger partial charge in [0.25, 0.3) is 0 Å². The smallest absolute Gasteiger partial charge is 0.229 e. The van der Waals surface area contributed by atoms with Gasteiger partial charge in [0.1, 0.15) is 6.10 Å². The van der Waals surface area contributed by atoms with E-state index >= 15 is 0 Å². The van der Waals surface area contributed by atoms with Gasteiger partial charge in [0.15, 0.2) is 5.82 Å². The van der Waals surface area contributed by atoms with Gasteiger partial charge in [0.2, 0.25) is 5.89 Å². The summed E-state index contributed by atoms with van der Waals surface area (Å²) in [7, 11) is 3.20. The van der Waals surface area contributed by atoms with Crippen molar-refractivity contribution in [1.82, 2.24) is 10.1 Å². The molecule has 2 N–H and O–H groups in total. The molecule has 0 amide bonds. The molecule has 86 valence electrons. The fraction of sp³-hybridized carbons (Fsp3) is 0.778. The molecule has 0 aliphatic rings. The molecule has 0 aliphatic heterocycles. The highest BCUT2D eigenvalue weighted by molar-refractivity contribution is 4.91. The molecule has 1 heterocycles. The summed E-state index contributed by atoms with van der Waals surface area (Å²) >= 11 is 0. The van der Waals surface area contributed by atoms with Gasteiger partial charge in [-0.25, -0.2) is 0 Å². The number of nitrogens with zero attached hydrogens (tertiary/aromatic N) is 2. The second-order valence-electron chi connectivity index (χ2n) is 3.22. The lowest BCUT2D eigenvalue weighted by Crippen LogP contribution is -2.24. The Hall–Kier alpha value is -0.980. The maximum Gasteiger partial charge on any atom is 0.229 e. The molecule has 1 rings (SSSR count). The minimum absolute atomic E-state index is 0.0869. The third-order valence-corrected chi connectivity index (χ3v) is 2.20. The SMILES string of the molecule is COC(CN)Cc1nc(C(C)OC)no1. The van der Waals surface area contributed by atoms with Crippen molar-refractivity contribution in [2.45, 2.75) is 25.6 Å². The van der Waals surface area contributed by atoms with E-state index in [1.807, 2.05) is 6.92 Å². The molecule has 0 saturated heterocycles. The molecule has 2 unspecified atom stereocenters. The molecule has 0 aromatic carbocycles. The number of aromatic nitrogens is 2. The van der Waals surface area contributed by atoms with Gasteiger partial charge in [-0.05, 0) is 6.92 Å². The number of hydrogen-bond acceptors (Lipinski definition) is 6. The molecule has 6 heteroatoms. The molecular formula is C9H17N3O3. The second-order valence-corrected chi connectivity index (χ2v) is 3.22. The van der Waals surface area contributed by atoms with Gasteiger partial charge in [-0.15, -0.1) is 0 Å². The van der Waals surface area contributed by atoms with Gasteiger partial charge in [0.05, 0.1) is 12.5 Å². The Balaban J connectivity index is 2.59. The summed E-state index contributed by atoms with van der Waals surface area (Å²) in [6.45, 7) is 2.28. The second kappa shape index (κ2) is 5.79. The van der Waals surface area contributed by atoms with Gasteiger partial charge in [-0.1, -0.05) is 5.16 Å². The Morgan fingerprint density at radius 1 is 1.40 bits per heavy atom. The molecule has 0 bridgehead atoms. The molecule has 1 aromatic rings. The summed E-state index contributed by atoms with van der Waals surface area (Å²) in [4.78, 5) is 4.18. The Morgan fingerprint density at radius 2 is 2.13 bits per heavy atom. The first-order valence-electron chi connectivity index (χ1n) is 4.79. The summed E-state index contributed by atoms with van der Waals surface area (Å²) < 4.78 is 15.2. The third-order valence-electron chi connectivity index (χ3n) is 2.20. The highest BCUT2D eigenvalue weighted by Gasteiger charge is 2.15. The fourth-order valence-electron chi connectivity index (χ4n) is 1.08. The highest BCUT2D eigenvalue weighted by Crippen LogP contribution is 2.12. The van der Waals surface area contributed by atoms with Gasteiger partial charge in [0, 0.05) is 20.8 Å². The van der Waals surface area contributed by atoms with Crippen LogP contribution >= 0.6 is 0 Å². The van der Waals surface area contributed by atoms with Crippen LogP contribution in [0.4, 0.5) is 0 Å². The summed E-state index contributed by atoms with van der Waals surface area (Å²) in [5, 5.41) is 3.80. The molecule has 0 aliphatic carbocycles. The van der Waals surface area contributed by atoms with E-state index in [0.717, 1.165) is 0 Å². The Kier molecular flexibility index (Phi) is 4.67. The van der Waals surface area contributed by atoms with E-state index in [-0.39, 0.29) is 12.2 Å². The first-order chi connectivity index (χ1) is 7.21. The molecule has 0 spiro atoms. The van der Waals surface area contributed by atoms with Crippen LogP contribution in [0.2, 0.25) is 0 Å². The molecular weight excluding hydrogens is 198 g/mol. The van der Waals surface area contributed by atoms with E-state index in [9.17, 15) is 0 Å². The van der Waals surface area contributed by atoms with Crippen molar-refractivity contribution in [3.05, 3.63) is 11.7 Å². The number of hydrogen-bond donors (Lipinski definition) is 1. The van der Waals surface area contributed by atoms with E-state index in [1.165, 1.54) is 0 Å². The van der Waals surface area contributed by atoms with Crippen molar-refractivity contribution in [3.63, 3.8) is 0 Å². The van der Waals surface area contributed by atoms with Crippen LogP contribution in [-0.4, -0.2) is 37.0 Å². The van der Waals surface area contributed by atoms with Crippen molar-refractivity contribution in [3.8, 4) is 0 Å². The summed E-state index contributed by atoms with van der Waals surface area (Å²) in [5.74, 6) is 1.06. The largest absolute Gasteiger partial charge is 0.380 e. The summed E-state index contributed by atoms with van der Waals surface area (Å²) in [6, 6.07) is 0. The van der Waals surface area contributed by atoms with Crippen LogP contribution in [0.25, 0.3) is 0 Å². The zero-order chi connectivity index (χ0) is 11.3. The van der Waals surface area contributed by atoms with E-state index in [1.54, 1.807) is 14.2 Å². The topological polar surface area (TPSA) is 83.4 Å². The van der Waals surface area contributed by atoms with E-state index < -0.39 is 0 Å². The van der Waals surface area contributed by atoms with Crippen LogP contribution in [-0.2, 0) is 15.9 Å². The van der Waals surface area contributed by atoms with Crippen LogP contribution in [0.15, 0.2) is 4.52 Å². The van der Waals surface area contributed by atoms with Crippen LogP contribution < -0.4 is 5.73 Å². The normalized spacial score (nSPS) is 15.2. The maximum atomic E-state index is 5.48. The summed E-state index contributed by atoms with van der Waals surface area (Å²) in [6.07, 6.45) is 0.272. The number of rotatable bonds is 6. The lowest BCUT2D eigenvalue weighted by atomic mass is 10.2. The van der Waals surface area contributed by atoms with Crippen LogP contribution in [0.1, 0.15) is 24.7 Å². The van der Waals surface area contributed by atoms with E-state index in [4.69, 9.17) is 19.7 Å². The lowest BCUT2D eigenvalue weighted by Gasteiger charge is -2.08. The van der Waals surface area contributed by atoms with Crippen molar-refractivity contribution in [2.75, 3.05) is 20.8 Å². The van der Waals surface area contributed by atoms with Gasteiger partial charge < -0.3 is 19.7 Å². The molecule has 0 fully saturated rings. The predicted molar refractivity (Wildman–Crippen MR) is 53.3 cm³/mol. The van der Waals surface area contributed by atoms with Crippen molar-refractivity contribution >= 4 is 0 Å². The Bertz CT molecular complexity index is 286. The van der Waals surface area contributed by atoms with Crippen molar-refractivity contribution < 1.29 is 14.0 Å². The zero-order valence-corrected chi connectivity index (χ0v) is 9.27. The minimum Gasteiger partial charge on any atom is -0.380 e. The van der Waals surface area contributed by atoms with Crippen molar-refractivity contribution in [2.24, 2.45) is 5.73 Å². The Morgan fingerprint density at radius 3 is 2.67 bits per heavy atom. The molecule has 6 nitrogen and oxygen atoms in total. The van der Waals surface area contributed by atoms with E-state index in [0.29, 0.717) is 24.7 Å². The standard InChI is InChI=1S/C9H17N3O3/c1-6(13-2)9-11-8(15-12-9)4-7(5-10)14-3/h6-7H,4-5,10H2,1-3H3. The molecule has 1 aromatic heterocycles. The average molecular weight is 215 g/mol. The van der Waals surface area contributed by atoms with E-state index in [2.05, 4.69) is 10.1 Å². The third kappa shape index (κ3) is 3.26. The predicted octanol–water partition coefficient (Wildman–Crippen LogP) is 0.293. The van der Waals surface area contributed by atoms with Gasteiger partial charge >= 0.3 is 0 Å². The zero-order valence-electron chi connectivity index (χ0n) is 9.27. The fourth-order valence-corrected chi connectivity index (χ4v) is 1.08. The number of ether oxygens (including phenoxy) is 2. The van der Waals surface area contributed by atoms with Gasteiger partial charge in [-0.2, -0.15) is 4.98 Å². The summed E-state index contributed by atoms with van der Waals surface area (Å²) in [5.41, 5.74) is 5.48. The van der Waals surface area contributed by atoms with Crippen LogP contribution in [0.5, 0.6) is 0 Å². The molecule has 0 saturated carbocycles. The molecule has 0 radical (unpaired) electrons. The molecule has 2 atom stereocenters. The first kappa shape index (κ1) is 12.1. The van der Waals surface area contributed by atoms with Crippen LogP contribution in [0.3, 0.4) is 0 Å². The average Bonchev–Trinajstić information content (AvgIpc) is 2.73. The monoisotopic (exact) mass is 215 g/mol. The lowest BCUT2D eigenvalue weighted by molar-refractivity contribution is 0.102. The van der Waals surface area contributed by atoms with Gasteiger partial charge in [-0.3, -0.25) is 0 Å². The van der Waals surface area contributed by atoms with Crippen molar-refractivity contribution in [1.29, 1.82) is 0 Å². The first-order valence-corrected chi connectivity index (χ1v) is 4.79. The quantitative estimate of drug-likeness (QED) is 0.734. The highest BCUT2D eigenvalue weighted by atomic mass is 16.5.